The molecule has 0 aromatic carbocycles. The summed E-state index contributed by atoms with van der Waals surface area (Å²) in [6.45, 7) is 5.33. The van der Waals surface area contributed by atoms with E-state index in [1.54, 1.807) is 20.8 Å². The van der Waals surface area contributed by atoms with Gasteiger partial charge in [0.2, 0.25) is 5.88 Å². The smallest absolute Gasteiger partial charge is 0.414 e. The van der Waals surface area contributed by atoms with Crippen molar-refractivity contribution in [3.8, 4) is 0 Å². The van der Waals surface area contributed by atoms with Gasteiger partial charge in [-0.2, -0.15) is 0 Å². The van der Waals surface area contributed by atoms with E-state index in [1.807, 2.05) is 0 Å². The fraction of sp³-hybridized carbons (Fsp3) is 0.500. The molecule has 2 N–H and O–H groups in total. The minimum Gasteiger partial charge on any atom is -0.444 e. The number of amides is 1. The van der Waals surface area contributed by atoms with Crippen molar-refractivity contribution in [3.05, 3.63) is 10.7 Å². The average molecular weight is 216 g/mol. The molecule has 0 aliphatic heterocycles. The van der Waals surface area contributed by atoms with E-state index in [2.05, 4.69) is 10.5 Å². The summed E-state index contributed by atoms with van der Waals surface area (Å²) in [6.07, 6.45) is -0.574. The molecule has 1 aromatic rings. The molecule has 6 heteroatoms. The van der Waals surface area contributed by atoms with Gasteiger partial charge in [0, 0.05) is 6.07 Å². The minimum absolute atomic E-state index is 0.240. The van der Waals surface area contributed by atoms with Crippen molar-refractivity contribution < 1.29 is 14.1 Å². The van der Waals surface area contributed by atoms with Crippen LogP contribution in [-0.2, 0) is 4.74 Å². The van der Waals surface area contributed by atoms with Crippen molar-refractivity contribution in [1.82, 2.24) is 5.16 Å². The zero-order valence-corrected chi connectivity index (χ0v) is 9.03. The molecule has 0 aliphatic carbocycles. The van der Waals surface area contributed by atoms with Crippen LogP contribution in [0.15, 0.2) is 10.6 Å². The molecule has 0 aliphatic rings. The molecule has 0 bridgehead atoms. The largest absolute Gasteiger partial charge is 0.444 e. The summed E-state index contributed by atoms with van der Waals surface area (Å²) in [6, 6.07) is 1.49. The van der Waals surface area contributed by atoms with Crippen LogP contribution in [0.5, 0.6) is 0 Å². The Hall–Kier alpha value is -1.30. The van der Waals surface area contributed by atoms with E-state index in [0.717, 1.165) is 0 Å². The first kappa shape index (κ1) is 10.8. The number of nitrogens with one attached hydrogen (secondary N) is 2. The third-order valence-electron chi connectivity index (χ3n) is 1.15. The maximum Gasteiger partial charge on any atom is 0.414 e. The molecule has 78 valence electrons. The minimum atomic E-state index is -0.574. The van der Waals surface area contributed by atoms with E-state index in [1.165, 1.54) is 6.07 Å². The second kappa shape index (κ2) is 3.83. The van der Waals surface area contributed by atoms with Crippen molar-refractivity contribution in [1.29, 1.82) is 0 Å². The monoisotopic (exact) mass is 216 g/mol. The Labute approximate surface area is 86.4 Å². The van der Waals surface area contributed by atoms with E-state index in [9.17, 15) is 4.79 Å². The molecule has 0 saturated carbocycles. The van der Waals surface area contributed by atoms with E-state index in [-0.39, 0.29) is 5.88 Å². The predicted octanol–water partition coefficient (Wildman–Crippen LogP) is 2.68. The van der Waals surface area contributed by atoms with Gasteiger partial charge >= 0.3 is 6.09 Å². The molecular formula is C8H12N2O3S. The Balaban J connectivity index is 2.54. The van der Waals surface area contributed by atoms with Gasteiger partial charge in [-0.05, 0) is 20.8 Å². The molecule has 0 saturated heterocycles. The molecule has 0 fully saturated rings. The lowest BCUT2D eigenvalue weighted by molar-refractivity contribution is 0.0631. The third-order valence-corrected chi connectivity index (χ3v) is 1.35. The number of rotatable bonds is 1. The third kappa shape index (κ3) is 3.61. The molecular weight excluding hydrogens is 204 g/mol. The Bertz CT molecular complexity index is 374. The number of hydrogen-bond donors (Lipinski definition) is 2. The predicted molar refractivity (Wildman–Crippen MR) is 53.7 cm³/mol. The number of hydrogen-bond acceptors (Lipinski definition) is 4. The van der Waals surface area contributed by atoms with Gasteiger partial charge in [-0.15, -0.1) is 0 Å². The fourth-order valence-electron chi connectivity index (χ4n) is 0.749. The number of aromatic nitrogens is 1. The van der Waals surface area contributed by atoms with Gasteiger partial charge in [0.15, 0.2) is 0 Å². The second-order valence-corrected chi connectivity index (χ2v) is 4.14. The van der Waals surface area contributed by atoms with Gasteiger partial charge in [0.05, 0.1) is 0 Å². The molecule has 1 rings (SSSR count). The zero-order chi connectivity index (χ0) is 10.8. The number of aromatic amines is 1. The Morgan fingerprint density at radius 3 is 2.71 bits per heavy atom. The number of H-pyrrole nitrogens is 1. The van der Waals surface area contributed by atoms with Crippen LogP contribution >= 0.6 is 12.2 Å². The summed E-state index contributed by atoms with van der Waals surface area (Å²) in [7, 11) is 0. The molecule has 1 aromatic heterocycles. The lowest BCUT2D eigenvalue weighted by atomic mass is 10.2. The second-order valence-electron chi connectivity index (χ2n) is 3.70. The molecule has 0 atom stereocenters. The van der Waals surface area contributed by atoms with Gasteiger partial charge < -0.3 is 9.26 Å². The first-order chi connectivity index (χ1) is 6.37. The van der Waals surface area contributed by atoms with Crippen LogP contribution in [0.25, 0.3) is 0 Å². The van der Waals surface area contributed by atoms with Crippen LogP contribution in [0.3, 0.4) is 0 Å². The lowest BCUT2D eigenvalue weighted by Gasteiger charge is -2.18. The standard InChI is InChI=1S/C8H12N2O3S/c1-8(2,3)12-7(11)9-5-4-6(14)10-13-5/h4H,1-3H3,(H,9,11)(H,10,14). The Kier molecular flexibility index (Phi) is 2.95. The van der Waals surface area contributed by atoms with E-state index >= 15 is 0 Å². The SMILES string of the molecule is CC(C)(C)OC(=O)Nc1cc(=S)[nH]o1. The van der Waals surface area contributed by atoms with Gasteiger partial charge in [-0.25, -0.2) is 9.95 Å². The van der Waals surface area contributed by atoms with E-state index in [0.29, 0.717) is 4.64 Å². The van der Waals surface area contributed by atoms with Crippen molar-refractivity contribution in [2.75, 3.05) is 5.32 Å². The van der Waals surface area contributed by atoms with Crippen LogP contribution in [-0.4, -0.2) is 16.9 Å². The van der Waals surface area contributed by atoms with Gasteiger partial charge in [-0.3, -0.25) is 5.32 Å². The molecule has 0 radical (unpaired) electrons. The van der Waals surface area contributed by atoms with Crippen LogP contribution < -0.4 is 5.32 Å². The summed E-state index contributed by atoms with van der Waals surface area (Å²) in [4.78, 5) is 11.2. The van der Waals surface area contributed by atoms with Gasteiger partial charge in [0.1, 0.15) is 10.2 Å². The summed E-state index contributed by atoms with van der Waals surface area (Å²) in [5.41, 5.74) is -0.531. The highest BCUT2D eigenvalue weighted by Gasteiger charge is 2.16. The van der Waals surface area contributed by atoms with Crippen LogP contribution in [0, 0.1) is 4.64 Å². The molecule has 1 amide bonds. The summed E-state index contributed by atoms with van der Waals surface area (Å²) in [5, 5.41) is 4.80. The number of carbonyl (C=O) groups is 1. The van der Waals surface area contributed by atoms with Crippen molar-refractivity contribution in [2.24, 2.45) is 0 Å². The van der Waals surface area contributed by atoms with Crippen LogP contribution in [0.2, 0.25) is 0 Å². The first-order valence-corrected chi connectivity index (χ1v) is 4.46. The highest BCUT2D eigenvalue weighted by atomic mass is 32.1. The normalized spacial score (nSPS) is 11.1. The molecule has 0 unspecified atom stereocenters. The average Bonchev–Trinajstić information content (AvgIpc) is 2.30. The van der Waals surface area contributed by atoms with Crippen molar-refractivity contribution >= 4 is 24.2 Å². The van der Waals surface area contributed by atoms with Gasteiger partial charge in [0.25, 0.3) is 0 Å². The molecule has 5 nitrogen and oxygen atoms in total. The summed E-state index contributed by atoms with van der Waals surface area (Å²) < 4.78 is 10.2. The maximum absolute atomic E-state index is 11.2. The van der Waals surface area contributed by atoms with Crippen molar-refractivity contribution in [3.63, 3.8) is 0 Å². The van der Waals surface area contributed by atoms with Crippen molar-refractivity contribution in [2.45, 2.75) is 26.4 Å². The summed E-state index contributed by atoms with van der Waals surface area (Å²) >= 11 is 4.75. The zero-order valence-electron chi connectivity index (χ0n) is 8.21. The van der Waals surface area contributed by atoms with Crippen LogP contribution in [0.1, 0.15) is 20.8 Å². The Morgan fingerprint density at radius 1 is 1.64 bits per heavy atom. The number of carbonyl (C=O) groups excluding carboxylic acids is 1. The van der Waals surface area contributed by atoms with E-state index < -0.39 is 11.7 Å². The highest BCUT2D eigenvalue weighted by Crippen LogP contribution is 2.11. The maximum atomic E-state index is 11.2. The van der Waals surface area contributed by atoms with Crippen LogP contribution in [0.4, 0.5) is 10.7 Å². The highest BCUT2D eigenvalue weighted by molar-refractivity contribution is 7.71. The quantitative estimate of drug-likeness (QED) is 0.708. The fourth-order valence-corrected chi connectivity index (χ4v) is 0.898. The van der Waals surface area contributed by atoms with E-state index in [4.69, 9.17) is 21.5 Å². The van der Waals surface area contributed by atoms with Gasteiger partial charge in [-0.1, -0.05) is 12.2 Å². The summed E-state index contributed by atoms with van der Waals surface area (Å²) in [5.74, 6) is 0.240. The number of anilines is 1. The Morgan fingerprint density at radius 2 is 2.29 bits per heavy atom. The molecule has 0 spiro atoms. The number of ether oxygens (including phenoxy) is 1. The molecule has 1 heterocycles. The lowest BCUT2D eigenvalue weighted by Crippen LogP contribution is -2.27. The topological polar surface area (TPSA) is 67.3 Å². The first-order valence-electron chi connectivity index (χ1n) is 4.05. The molecule has 14 heavy (non-hydrogen) atoms.